The van der Waals surface area contributed by atoms with Gasteiger partial charge in [-0.2, -0.15) is 0 Å². The molecule has 0 heterocycles. The summed E-state index contributed by atoms with van der Waals surface area (Å²) >= 11 is 0. The molecule has 1 aromatic carbocycles. The van der Waals surface area contributed by atoms with E-state index in [0.717, 1.165) is 0 Å². The molecule has 0 aromatic heterocycles. The summed E-state index contributed by atoms with van der Waals surface area (Å²) in [5.74, 6) is -2.63. The normalized spacial score (nSPS) is 23.8. The van der Waals surface area contributed by atoms with Gasteiger partial charge in [-0.15, -0.1) is 0 Å². The van der Waals surface area contributed by atoms with Crippen LogP contribution in [0.3, 0.4) is 0 Å². The standard InChI is InChI=1S/C23H28O5/c1-22(2)9-15(25)20(16(26)10-22)19(13-6-5-7-14(24)8-13)21-17(27)11-23(3,4)12-18(21)28/h5-8,19-20,24,27H,9-12H2,1-4H3/t19-/m1/s1. The monoisotopic (exact) mass is 384 g/mol. The van der Waals surface area contributed by atoms with Crippen LogP contribution >= 0.6 is 0 Å². The Morgan fingerprint density at radius 3 is 2.00 bits per heavy atom. The molecule has 1 fully saturated rings. The number of phenols is 1. The number of hydrogen-bond donors (Lipinski definition) is 2. The Morgan fingerprint density at radius 2 is 1.46 bits per heavy atom. The van der Waals surface area contributed by atoms with Crippen molar-refractivity contribution in [1.82, 2.24) is 0 Å². The predicted octanol–water partition coefficient (Wildman–Crippen LogP) is 4.25. The summed E-state index contributed by atoms with van der Waals surface area (Å²) < 4.78 is 0. The van der Waals surface area contributed by atoms with E-state index in [2.05, 4.69) is 0 Å². The Balaban J connectivity index is 2.16. The van der Waals surface area contributed by atoms with E-state index in [0.29, 0.717) is 12.0 Å². The van der Waals surface area contributed by atoms with Crippen LogP contribution in [-0.4, -0.2) is 27.6 Å². The van der Waals surface area contributed by atoms with Gasteiger partial charge in [-0.1, -0.05) is 39.8 Å². The minimum absolute atomic E-state index is 0.0118. The van der Waals surface area contributed by atoms with Crippen molar-refractivity contribution in [3.05, 3.63) is 41.2 Å². The van der Waals surface area contributed by atoms with Crippen LogP contribution in [0.1, 0.15) is 64.9 Å². The number of benzene rings is 1. The van der Waals surface area contributed by atoms with Gasteiger partial charge in [-0.3, -0.25) is 14.4 Å². The van der Waals surface area contributed by atoms with Gasteiger partial charge >= 0.3 is 0 Å². The minimum atomic E-state index is -1.02. The van der Waals surface area contributed by atoms with Crippen LogP contribution in [0, 0.1) is 16.7 Å². The van der Waals surface area contributed by atoms with Gasteiger partial charge in [0.2, 0.25) is 0 Å². The lowest BCUT2D eigenvalue weighted by Gasteiger charge is -2.39. The van der Waals surface area contributed by atoms with Crippen LogP contribution < -0.4 is 0 Å². The van der Waals surface area contributed by atoms with E-state index in [4.69, 9.17) is 0 Å². The molecule has 0 spiro atoms. The van der Waals surface area contributed by atoms with E-state index in [1.54, 1.807) is 12.1 Å². The average Bonchev–Trinajstić information content (AvgIpc) is 2.49. The molecular weight excluding hydrogens is 356 g/mol. The number of carbonyl (C=O) groups excluding carboxylic acids is 3. The number of phenolic OH excluding ortho intramolecular Hbond substituents is 1. The minimum Gasteiger partial charge on any atom is -0.512 e. The fraction of sp³-hybridized carbons (Fsp3) is 0.522. The summed E-state index contributed by atoms with van der Waals surface area (Å²) in [6, 6.07) is 6.28. The molecule has 150 valence electrons. The summed E-state index contributed by atoms with van der Waals surface area (Å²) in [5.41, 5.74) is -0.142. The third kappa shape index (κ3) is 3.89. The van der Waals surface area contributed by atoms with Crippen molar-refractivity contribution in [2.24, 2.45) is 16.7 Å². The van der Waals surface area contributed by atoms with Crippen LogP contribution in [0.4, 0.5) is 0 Å². The highest BCUT2D eigenvalue weighted by Crippen LogP contribution is 2.47. The van der Waals surface area contributed by atoms with Crippen molar-refractivity contribution in [2.75, 3.05) is 0 Å². The summed E-state index contributed by atoms with van der Waals surface area (Å²) in [7, 11) is 0. The van der Waals surface area contributed by atoms with Crippen LogP contribution in [0.2, 0.25) is 0 Å². The molecule has 28 heavy (non-hydrogen) atoms. The van der Waals surface area contributed by atoms with E-state index < -0.39 is 17.3 Å². The zero-order valence-corrected chi connectivity index (χ0v) is 16.9. The van der Waals surface area contributed by atoms with E-state index in [-0.39, 0.29) is 59.1 Å². The number of rotatable bonds is 3. The van der Waals surface area contributed by atoms with Gasteiger partial charge < -0.3 is 10.2 Å². The maximum Gasteiger partial charge on any atom is 0.163 e. The van der Waals surface area contributed by atoms with Crippen LogP contribution in [0.15, 0.2) is 35.6 Å². The Labute approximate surface area is 165 Å². The Morgan fingerprint density at radius 1 is 0.893 bits per heavy atom. The van der Waals surface area contributed by atoms with Gasteiger partial charge in [-0.25, -0.2) is 0 Å². The van der Waals surface area contributed by atoms with E-state index in [1.165, 1.54) is 12.1 Å². The van der Waals surface area contributed by atoms with Crippen LogP contribution in [0.25, 0.3) is 0 Å². The number of aliphatic hydroxyl groups excluding tert-OH is 1. The highest BCUT2D eigenvalue weighted by atomic mass is 16.3. The quantitative estimate of drug-likeness (QED) is 0.760. The third-order valence-corrected chi connectivity index (χ3v) is 5.77. The van der Waals surface area contributed by atoms with E-state index in [9.17, 15) is 24.6 Å². The SMILES string of the molecule is CC1(C)CC(=O)C([C@H](C2=C(O)CC(C)(C)CC2=O)c2cccc(O)c2)C(=O)C1. The molecule has 5 nitrogen and oxygen atoms in total. The van der Waals surface area contributed by atoms with Gasteiger partial charge in [0.15, 0.2) is 5.78 Å². The maximum atomic E-state index is 13.0. The van der Waals surface area contributed by atoms with Crippen molar-refractivity contribution in [3.63, 3.8) is 0 Å². The highest BCUT2D eigenvalue weighted by molar-refractivity contribution is 6.09. The van der Waals surface area contributed by atoms with Crippen molar-refractivity contribution in [3.8, 4) is 5.75 Å². The molecule has 0 bridgehead atoms. The Kier molecular flexibility index (Phi) is 4.98. The van der Waals surface area contributed by atoms with Crippen molar-refractivity contribution >= 4 is 17.3 Å². The van der Waals surface area contributed by atoms with Gasteiger partial charge in [0, 0.05) is 37.2 Å². The topological polar surface area (TPSA) is 91.7 Å². The fourth-order valence-electron chi connectivity index (χ4n) is 4.68. The second-order valence-electron chi connectivity index (χ2n) is 9.80. The second kappa shape index (κ2) is 6.87. The third-order valence-electron chi connectivity index (χ3n) is 5.77. The van der Waals surface area contributed by atoms with Crippen LogP contribution in [-0.2, 0) is 14.4 Å². The first-order chi connectivity index (χ1) is 12.9. The molecular formula is C23H28O5. The number of hydrogen-bond acceptors (Lipinski definition) is 5. The molecule has 5 heteroatoms. The van der Waals surface area contributed by atoms with Gasteiger partial charge in [0.05, 0.1) is 5.92 Å². The largest absolute Gasteiger partial charge is 0.512 e. The number of carbonyl (C=O) groups is 3. The smallest absolute Gasteiger partial charge is 0.163 e. The zero-order chi connectivity index (χ0) is 20.9. The van der Waals surface area contributed by atoms with E-state index >= 15 is 0 Å². The summed E-state index contributed by atoms with van der Waals surface area (Å²) in [6.45, 7) is 7.57. The molecule has 2 aliphatic rings. The Bertz CT molecular complexity index is 855. The number of allylic oxidation sites excluding steroid dienone is 2. The molecule has 2 aliphatic carbocycles. The van der Waals surface area contributed by atoms with Gasteiger partial charge in [0.1, 0.15) is 23.1 Å². The molecule has 3 rings (SSSR count). The molecule has 0 saturated heterocycles. The maximum absolute atomic E-state index is 13.0. The molecule has 0 aliphatic heterocycles. The molecule has 0 unspecified atom stereocenters. The Hall–Kier alpha value is -2.43. The molecule has 2 N–H and O–H groups in total. The van der Waals surface area contributed by atoms with Gasteiger partial charge in [-0.05, 0) is 28.5 Å². The van der Waals surface area contributed by atoms with Gasteiger partial charge in [0.25, 0.3) is 0 Å². The summed E-state index contributed by atoms with van der Waals surface area (Å²) in [4.78, 5) is 39.0. The number of ketones is 3. The van der Waals surface area contributed by atoms with Crippen molar-refractivity contribution in [1.29, 1.82) is 0 Å². The van der Waals surface area contributed by atoms with E-state index in [1.807, 2.05) is 27.7 Å². The molecule has 1 atom stereocenters. The number of aromatic hydroxyl groups is 1. The fourth-order valence-corrected chi connectivity index (χ4v) is 4.68. The number of aliphatic hydroxyl groups is 1. The molecule has 1 saturated carbocycles. The lowest BCUT2D eigenvalue weighted by Crippen LogP contribution is -2.43. The second-order valence-corrected chi connectivity index (χ2v) is 9.80. The van der Waals surface area contributed by atoms with Crippen molar-refractivity contribution < 1.29 is 24.6 Å². The first kappa shape index (κ1) is 20.3. The summed E-state index contributed by atoms with van der Waals surface area (Å²) in [5, 5.41) is 20.7. The number of Topliss-reactive ketones (excluding diaryl/α,β-unsaturated/α-hetero) is 3. The molecule has 0 radical (unpaired) electrons. The molecule has 1 aromatic rings. The predicted molar refractivity (Wildman–Crippen MR) is 105 cm³/mol. The first-order valence-electron chi connectivity index (χ1n) is 9.70. The van der Waals surface area contributed by atoms with Crippen molar-refractivity contribution in [2.45, 2.75) is 59.3 Å². The highest BCUT2D eigenvalue weighted by Gasteiger charge is 2.48. The summed E-state index contributed by atoms with van der Waals surface area (Å²) in [6.07, 6.45) is 1.03. The first-order valence-corrected chi connectivity index (χ1v) is 9.70. The molecule has 0 amide bonds. The average molecular weight is 384 g/mol. The van der Waals surface area contributed by atoms with Crippen LogP contribution in [0.5, 0.6) is 5.75 Å². The lowest BCUT2D eigenvalue weighted by molar-refractivity contribution is -0.140. The zero-order valence-electron chi connectivity index (χ0n) is 16.9. The lowest BCUT2D eigenvalue weighted by atomic mass is 9.62.